The highest BCUT2D eigenvalue weighted by Gasteiger charge is 2.09. The summed E-state index contributed by atoms with van der Waals surface area (Å²) >= 11 is 5.13. The second-order valence-electron chi connectivity index (χ2n) is 3.05. The van der Waals surface area contributed by atoms with E-state index in [1.165, 1.54) is 4.88 Å². The van der Waals surface area contributed by atoms with E-state index in [4.69, 9.17) is 5.73 Å². The zero-order chi connectivity index (χ0) is 9.97. The van der Waals surface area contributed by atoms with E-state index in [-0.39, 0.29) is 6.04 Å². The molecule has 0 spiro atoms. The molecule has 0 aliphatic heterocycles. The predicted molar refractivity (Wildman–Crippen MR) is 64.5 cm³/mol. The van der Waals surface area contributed by atoms with Crippen LogP contribution in [0.4, 0.5) is 0 Å². The van der Waals surface area contributed by atoms with Gasteiger partial charge in [0.1, 0.15) is 0 Å². The van der Waals surface area contributed by atoms with Crippen LogP contribution in [0, 0.1) is 0 Å². The number of halogens is 1. The van der Waals surface area contributed by atoms with Gasteiger partial charge in [-0.3, -0.25) is 0 Å². The van der Waals surface area contributed by atoms with Gasteiger partial charge in [0.2, 0.25) is 0 Å². The number of thiophene rings is 1. The van der Waals surface area contributed by atoms with Gasteiger partial charge in [-0.05, 0) is 29.1 Å². The third-order valence-corrected chi connectivity index (χ3v) is 3.51. The first kappa shape index (κ1) is 9.90. The lowest BCUT2D eigenvalue weighted by Gasteiger charge is -2.09. The molecule has 1 aromatic carbocycles. The first-order chi connectivity index (χ1) is 6.77. The largest absolute Gasteiger partial charge is 0.320 e. The molecule has 1 aromatic heterocycles. The van der Waals surface area contributed by atoms with Gasteiger partial charge in [0.15, 0.2) is 0 Å². The van der Waals surface area contributed by atoms with Gasteiger partial charge >= 0.3 is 0 Å². The second-order valence-corrected chi connectivity index (χ2v) is 4.94. The van der Waals surface area contributed by atoms with E-state index < -0.39 is 0 Å². The van der Waals surface area contributed by atoms with E-state index in [1.54, 1.807) is 11.3 Å². The van der Waals surface area contributed by atoms with Crippen molar-refractivity contribution >= 4 is 27.3 Å². The standard InChI is InChI=1S/C11H10BrNS/c12-9-4-1-3-8(7-9)11(13)10-5-2-6-14-10/h1-7,11H,13H2/t11-/m1/s1. The molecule has 0 unspecified atom stereocenters. The van der Waals surface area contributed by atoms with Crippen molar-refractivity contribution in [1.82, 2.24) is 0 Å². The van der Waals surface area contributed by atoms with Crippen LogP contribution in [0.1, 0.15) is 16.5 Å². The van der Waals surface area contributed by atoms with Crippen molar-refractivity contribution in [3.05, 3.63) is 56.7 Å². The monoisotopic (exact) mass is 267 g/mol. The lowest BCUT2D eigenvalue weighted by Crippen LogP contribution is -2.09. The molecule has 0 fully saturated rings. The van der Waals surface area contributed by atoms with Crippen LogP contribution >= 0.6 is 27.3 Å². The quantitative estimate of drug-likeness (QED) is 0.885. The number of benzene rings is 1. The highest BCUT2D eigenvalue weighted by atomic mass is 79.9. The van der Waals surface area contributed by atoms with Crippen molar-refractivity contribution in [3.8, 4) is 0 Å². The number of nitrogens with two attached hydrogens (primary N) is 1. The van der Waals surface area contributed by atoms with Gasteiger partial charge in [0.25, 0.3) is 0 Å². The molecule has 0 bridgehead atoms. The van der Waals surface area contributed by atoms with Crippen molar-refractivity contribution < 1.29 is 0 Å². The van der Waals surface area contributed by atoms with Crippen molar-refractivity contribution in [2.75, 3.05) is 0 Å². The molecule has 0 aliphatic rings. The maximum Gasteiger partial charge on any atom is 0.0646 e. The normalized spacial score (nSPS) is 12.7. The Hall–Kier alpha value is -0.640. The molecule has 0 aliphatic carbocycles. The van der Waals surface area contributed by atoms with Crippen LogP contribution in [0.25, 0.3) is 0 Å². The molecule has 3 heteroatoms. The van der Waals surface area contributed by atoms with Crippen molar-refractivity contribution in [2.24, 2.45) is 5.73 Å². The van der Waals surface area contributed by atoms with Crippen LogP contribution in [-0.2, 0) is 0 Å². The molecule has 2 aromatic rings. The molecule has 14 heavy (non-hydrogen) atoms. The fraction of sp³-hybridized carbons (Fsp3) is 0.0909. The molecule has 2 rings (SSSR count). The Balaban J connectivity index is 2.32. The van der Waals surface area contributed by atoms with Crippen molar-refractivity contribution in [3.63, 3.8) is 0 Å². The molecule has 0 amide bonds. The number of hydrogen-bond donors (Lipinski definition) is 1. The molecule has 0 radical (unpaired) electrons. The van der Waals surface area contributed by atoms with Crippen LogP contribution in [-0.4, -0.2) is 0 Å². The zero-order valence-corrected chi connectivity index (χ0v) is 9.88. The topological polar surface area (TPSA) is 26.0 Å². The minimum absolute atomic E-state index is 0.00694. The summed E-state index contributed by atoms with van der Waals surface area (Å²) in [4.78, 5) is 1.20. The van der Waals surface area contributed by atoms with Gasteiger partial charge in [0, 0.05) is 9.35 Å². The first-order valence-corrected chi connectivity index (χ1v) is 5.99. The predicted octanol–water partition coefficient (Wildman–Crippen LogP) is 3.56. The fourth-order valence-electron chi connectivity index (χ4n) is 1.33. The van der Waals surface area contributed by atoms with Gasteiger partial charge in [-0.1, -0.05) is 34.1 Å². The summed E-state index contributed by atoms with van der Waals surface area (Å²) in [5, 5.41) is 2.05. The minimum atomic E-state index is -0.00694. The summed E-state index contributed by atoms with van der Waals surface area (Å²) < 4.78 is 1.07. The lowest BCUT2D eigenvalue weighted by molar-refractivity contribution is 0.892. The molecule has 2 N–H and O–H groups in total. The van der Waals surface area contributed by atoms with Crippen LogP contribution in [0.15, 0.2) is 46.3 Å². The Morgan fingerprint density at radius 3 is 2.71 bits per heavy atom. The lowest BCUT2D eigenvalue weighted by atomic mass is 10.1. The third kappa shape index (κ3) is 2.05. The Kier molecular flexibility index (Phi) is 3.01. The zero-order valence-electron chi connectivity index (χ0n) is 7.48. The van der Waals surface area contributed by atoms with Gasteiger partial charge in [-0.15, -0.1) is 11.3 Å². The van der Waals surface area contributed by atoms with Crippen LogP contribution in [0.2, 0.25) is 0 Å². The second kappa shape index (κ2) is 4.26. The first-order valence-electron chi connectivity index (χ1n) is 4.32. The van der Waals surface area contributed by atoms with E-state index in [9.17, 15) is 0 Å². The molecular formula is C11H10BrNS. The maximum absolute atomic E-state index is 6.12. The Labute approximate surface area is 95.7 Å². The summed E-state index contributed by atoms with van der Waals surface area (Å²) in [5.74, 6) is 0. The average Bonchev–Trinajstić information content (AvgIpc) is 2.69. The SMILES string of the molecule is N[C@H](c1cccc(Br)c1)c1cccs1. The van der Waals surface area contributed by atoms with Crippen LogP contribution < -0.4 is 5.73 Å². The fourth-order valence-corrected chi connectivity index (χ4v) is 2.50. The summed E-state index contributed by atoms with van der Waals surface area (Å²) in [6.45, 7) is 0. The molecular weight excluding hydrogens is 258 g/mol. The average molecular weight is 268 g/mol. The van der Waals surface area contributed by atoms with Gasteiger partial charge in [-0.2, -0.15) is 0 Å². The van der Waals surface area contributed by atoms with Crippen molar-refractivity contribution in [2.45, 2.75) is 6.04 Å². The van der Waals surface area contributed by atoms with Crippen molar-refractivity contribution in [1.29, 1.82) is 0 Å². The molecule has 1 atom stereocenters. The van der Waals surface area contributed by atoms with E-state index >= 15 is 0 Å². The molecule has 72 valence electrons. The Morgan fingerprint density at radius 2 is 2.07 bits per heavy atom. The van der Waals surface area contributed by atoms with Gasteiger partial charge < -0.3 is 5.73 Å². The Morgan fingerprint density at radius 1 is 1.21 bits per heavy atom. The van der Waals surface area contributed by atoms with E-state index in [0.29, 0.717) is 0 Å². The van der Waals surface area contributed by atoms with E-state index in [1.807, 2.05) is 23.6 Å². The molecule has 1 nitrogen and oxygen atoms in total. The number of rotatable bonds is 2. The van der Waals surface area contributed by atoms with E-state index in [0.717, 1.165) is 10.0 Å². The minimum Gasteiger partial charge on any atom is -0.320 e. The summed E-state index contributed by atoms with van der Waals surface area (Å²) in [6.07, 6.45) is 0. The third-order valence-electron chi connectivity index (χ3n) is 2.06. The highest BCUT2D eigenvalue weighted by Crippen LogP contribution is 2.25. The van der Waals surface area contributed by atoms with Crippen LogP contribution in [0.3, 0.4) is 0 Å². The van der Waals surface area contributed by atoms with Gasteiger partial charge in [0.05, 0.1) is 6.04 Å². The molecule has 0 saturated carbocycles. The molecule has 0 saturated heterocycles. The number of hydrogen-bond acceptors (Lipinski definition) is 2. The van der Waals surface area contributed by atoms with Gasteiger partial charge in [-0.25, -0.2) is 0 Å². The Bertz CT molecular complexity index is 411. The summed E-state index contributed by atoms with van der Waals surface area (Å²) in [6, 6.07) is 12.2. The maximum atomic E-state index is 6.12. The highest BCUT2D eigenvalue weighted by molar-refractivity contribution is 9.10. The smallest absolute Gasteiger partial charge is 0.0646 e. The van der Waals surface area contributed by atoms with Crippen LogP contribution in [0.5, 0.6) is 0 Å². The summed E-state index contributed by atoms with van der Waals surface area (Å²) in [7, 11) is 0. The van der Waals surface area contributed by atoms with E-state index in [2.05, 4.69) is 34.1 Å². The summed E-state index contributed by atoms with van der Waals surface area (Å²) in [5.41, 5.74) is 7.26. The molecule has 1 heterocycles.